The van der Waals surface area contributed by atoms with Crippen molar-refractivity contribution >= 4 is 34.2 Å². The molecule has 4 heterocycles. The Hall–Kier alpha value is -3.86. The van der Waals surface area contributed by atoms with Crippen molar-refractivity contribution in [2.24, 2.45) is 4.99 Å². The van der Waals surface area contributed by atoms with Crippen LogP contribution >= 0.6 is 0 Å². The van der Waals surface area contributed by atoms with E-state index in [0.717, 1.165) is 48.4 Å². The molecule has 1 fully saturated rings. The number of fused-ring (bicyclic) bond motifs is 4. The summed E-state index contributed by atoms with van der Waals surface area (Å²) >= 11 is 0. The van der Waals surface area contributed by atoms with E-state index in [0.29, 0.717) is 0 Å². The van der Waals surface area contributed by atoms with Gasteiger partial charge in [-0.25, -0.2) is 0 Å². The molecule has 37 heavy (non-hydrogen) atoms. The summed E-state index contributed by atoms with van der Waals surface area (Å²) in [5, 5.41) is 1.14. The molecule has 3 aromatic carbocycles. The molecule has 0 aliphatic carbocycles. The Morgan fingerprint density at radius 3 is 2.51 bits per heavy atom. The molecule has 5 heteroatoms. The van der Waals surface area contributed by atoms with Crippen LogP contribution in [0.15, 0.2) is 84.0 Å². The van der Waals surface area contributed by atoms with Gasteiger partial charge in [-0.1, -0.05) is 48.5 Å². The molecular formula is C32H32N4O. The molecule has 5 nitrogen and oxygen atoms in total. The van der Waals surface area contributed by atoms with E-state index in [2.05, 4.69) is 96.6 Å². The fourth-order valence-electron chi connectivity index (χ4n) is 6.47. The first kappa shape index (κ1) is 22.3. The lowest BCUT2D eigenvalue weighted by molar-refractivity contribution is 0.0793. The molecule has 0 bridgehead atoms. The van der Waals surface area contributed by atoms with E-state index in [1.54, 1.807) is 0 Å². The molecule has 7 rings (SSSR count). The van der Waals surface area contributed by atoms with E-state index < -0.39 is 5.72 Å². The highest BCUT2D eigenvalue weighted by Gasteiger charge is 2.59. The lowest BCUT2D eigenvalue weighted by Gasteiger charge is -2.46. The van der Waals surface area contributed by atoms with Crippen molar-refractivity contribution in [2.45, 2.75) is 44.2 Å². The summed E-state index contributed by atoms with van der Waals surface area (Å²) in [5.41, 5.74) is 5.71. The number of aromatic nitrogens is 1. The predicted molar refractivity (Wildman–Crippen MR) is 152 cm³/mol. The van der Waals surface area contributed by atoms with Crippen molar-refractivity contribution in [1.82, 2.24) is 4.98 Å². The van der Waals surface area contributed by atoms with Gasteiger partial charge in [0.05, 0.1) is 11.6 Å². The minimum absolute atomic E-state index is 0.323. The molecule has 186 valence electrons. The zero-order valence-electron chi connectivity index (χ0n) is 21.5. The first-order chi connectivity index (χ1) is 18.1. The fraction of sp³-hybridized carbons (Fsp3) is 0.312. The van der Waals surface area contributed by atoms with Crippen molar-refractivity contribution in [3.8, 4) is 5.75 Å². The average molecular weight is 489 g/mol. The SMILES string of the molecule is CC1(C)c2ccccc2N(CCc2ccccc2)C12C=Nc1cc(N3CCCC3)c3cccnc3c1O2. The summed E-state index contributed by atoms with van der Waals surface area (Å²) in [7, 11) is 0. The Labute approximate surface area is 218 Å². The van der Waals surface area contributed by atoms with E-state index >= 15 is 0 Å². The summed E-state index contributed by atoms with van der Waals surface area (Å²) in [6.07, 6.45) is 7.30. The summed E-state index contributed by atoms with van der Waals surface area (Å²) in [5.74, 6) is 0.784. The fourth-order valence-corrected chi connectivity index (χ4v) is 6.47. The van der Waals surface area contributed by atoms with Gasteiger partial charge in [0.1, 0.15) is 11.2 Å². The highest BCUT2D eigenvalue weighted by atomic mass is 16.5. The average Bonchev–Trinajstić information content (AvgIpc) is 3.53. The molecule has 0 amide bonds. The Bertz CT molecular complexity index is 1510. The molecule has 1 aromatic heterocycles. The van der Waals surface area contributed by atoms with Gasteiger partial charge >= 0.3 is 0 Å². The molecule has 1 atom stereocenters. The first-order valence-corrected chi connectivity index (χ1v) is 13.4. The summed E-state index contributed by atoms with van der Waals surface area (Å²) in [6.45, 7) is 7.53. The second-order valence-corrected chi connectivity index (χ2v) is 10.9. The molecule has 3 aliphatic heterocycles. The van der Waals surface area contributed by atoms with Gasteiger partial charge in [0.2, 0.25) is 5.72 Å². The maximum atomic E-state index is 7.21. The molecule has 0 saturated carbocycles. The standard InChI is InChI=1S/C32H32N4O/c1-31(2)25-14-6-7-15-27(25)36(20-16-23-11-4-3-5-12-23)32(31)22-34-26-21-28(35-18-8-9-19-35)24-13-10-17-33-29(24)30(26)37-32/h3-7,10-15,17,21-22H,8-9,16,18-20H2,1-2H3. The quantitative estimate of drug-likeness (QED) is 0.322. The van der Waals surface area contributed by atoms with Gasteiger partial charge in [-0.05, 0) is 68.5 Å². The summed E-state index contributed by atoms with van der Waals surface area (Å²) in [6, 6.07) is 25.8. The lowest BCUT2D eigenvalue weighted by Crippen LogP contribution is -2.62. The van der Waals surface area contributed by atoms with E-state index in [9.17, 15) is 0 Å². The number of benzene rings is 3. The van der Waals surface area contributed by atoms with Crippen LogP contribution < -0.4 is 14.5 Å². The number of pyridine rings is 1. The lowest BCUT2D eigenvalue weighted by atomic mass is 9.77. The number of hydrogen-bond acceptors (Lipinski definition) is 5. The van der Waals surface area contributed by atoms with E-state index in [1.807, 2.05) is 12.3 Å². The predicted octanol–water partition coefficient (Wildman–Crippen LogP) is 6.67. The van der Waals surface area contributed by atoms with Crippen LogP contribution in [0.1, 0.15) is 37.8 Å². The van der Waals surface area contributed by atoms with Crippen molar-refractivity contribution in [1.29, 1.82) is 0 Å². The maximum Gasteiger partial charge on any atom is 0.229 e. The molecular weight excluding hydrogens is 456 g/mol. The summed E-state index contributed by atoms with van der Waals surface area (Å²) < 4.78 is 7.21. The highest BCUT2D eigenvalue weighted by Crippen LogP contribution is 2.55. The largest absolute Gasteiger partial charge is 0.457 e. The molecule has 1 unspecified atom stereocenters. The third kappa shape index (κ3) is 3.29. The Balaban J connectivity index is 1.37. The van der Waals surface area contributed by atoms with Gasteiger partial charge < -0.3 is 14.5 Å². The van der Waals surface area contributed by atoms with Crippen LogP contribution in [-0.2, 0) is 11.8 Å². The molecule has 1 spiro atoms. The number of para-hydroxylation sites is 1. The van der Waals surface area contributed by atoms with Crippen LogP contribution in [0.4, 0.5) is 17.1 Å². The maximum absolute atomic E-state index is 7.21. The van der Waals surface area contributed by atoms with Gasteiger partial charge in [0.25, 0.3) is 0 Å². The van der Waals surface area contributed by atoms with Gasteiger partial charge in [-0.2, -0.15) is 0 Å². The third-order valence-electron chi connectivity index (χ3n) is 8.52. The van der Waals surface area contributed by atoms with Gasteiger partial charge in [-0.15, -0.1) is 0 Å². The molecule has 1 saturated heterocycles. The van der Waals surface area contributed by atoms with Crippen LogP contribution in [0.3, 0.4) is 0 Å². The van der Waals surface area contributed by atoms with Crippen molar-refractivity contribution in [3.63, 3.8) is 0 Å². The van der Waals surface area contributed by atoms with Gasteiger partial charge in [-0.3, -0.25) is 9.98 Å². The molecule has 3 aliphatic rings. The van der Waals surface area contributed by atoms with Crippen LogP contribution in [0.25, 0.3) is 10.9 Å². The Morgan fingerprint density at radius 1 is 0.892 bits per heavy atom. The number of hydrogen-bond donors (Lipinski definition) is 0. The van der Waals surface area contributed by atoms with Crippen LogP contribution in [0.2, 0.25) is 0 Å². The monoisotopic (exact) mass is 488 g/mol. The van der Waals surface area contributed by atoms with Crippen molar-refractivity contribution in [2.75, 3.05) is 29.4 Å². The zero-order chi connectivity index (χ0) is 25.0. The van der Waals surface area contributed by atoms with Gasteiger partial charge in [0, 0.05) is 42.6 Å². The van der Waals surface area contributed by atoms with Crippen molar-refractivity contribution < 1.29 is 4.74 Å². The number of ether oxygens (including phenoxy) is 1. The van der Waals surface area contributed by atoms with Crippen LogP contribution in [0.5, 0.6) is 5.75 Å². The molecule has 0 radical (unpaired) electrons. The zero-order valence-corrected chi connectivity index (χ0v) is 21.5. The Morgan fingerprint density at radius 2 is 1.68 bits per heavy atom. The number of aliphatic imine (C=N–C) groups is 1. The minimum Gasteiger partial charge on any atom is -0.457 e. The minimum atomic E-state index is -0.752. The van der Waals surface area contributed by atoms with Crippen molar-refractivity contribution in [3.05, 3.63) is 90.1 Å². The number of rotatable bonds is 4. The molecule has 0 N–H and O–H groups in total. The van der Waals surface area contributed by atoms with E-state index in [-0.39, 0.29) is 5.41 Å². The van der Waals surface area contributed by atoms with Crippen LogP contribution in [0, 0.1) is 0 Å². The van der Waals surface area contributed by atoms with E-state index in [4.69, 9.17) is 14.7 Å². The Kier molecular flexibility index (Phi) is 5.04. The van der Waals surface area contributed by atoms with E-state index in [1.165, 1.54) is 35.3 Å². The molecule has 4 aromatic rings. The number of anilines is 2. The third-order valence-corrected chi connectivity index (χ3v) is 8.52. The second kappa shape index (κ2) is 8.34. The second-order valence-electron chi connectivity index (χ2n) is 10.9. The highest BCUT2D eigenvalue weighted by molar-refractivity contribution is 6.02. The smallest absolute Gasteiger partial charge is 0.229 e. The van der Waals surface area contributed by atoms with Crippen LogP contribution in [-0.4, -0.2) is 36.6 Å². The first-order valence-electron chi connectivity index (χ1n) is 13.4. The normalized spacial score (nSPS) is 21.4. The van der Waals surface area contributed by atoms with Gasteiger partial charge in [0.15, 0.2) is 5.75 Å². The number of nitrogens with zero attached hydrogens (tertiary/aromatic N) is 4. The topological polar surface area (TPSA) is 41.0 Å². The summed E-state index contributed by atoms with van der Waals surface area (Å²) in [4.78, 5) is 14.9.